The minimum Gasteiger partial charge on any atom is -0.484 e. The van der Waals surface area contributed by atoms with Gasteiger partial charge in [-0.15, -0.1) is 0 Å². The van der Waals surface area contributed by atoms with Gasteiger partial charge in [-0.3, -0.25) is 10.1 Å². The van der Waals surface area contributed by atoms with Gasteiger partial charge in [0.1, 0.15) is 5.75 Å². The molecule has 2 rings (SSSR count). The lowest BCUT2D eigenvalue weighted by Gasteiger charge is -2.07. The Morgan fingerprint density at radius 3 is 2.67 bits per heavy atom. The third-order valence-electron chi connectivity index (χ3n) is 2.11. The number of anilines is 1. The topological polar surface area (TPSA) is 77.0 Å². The predicted octanol–water partition coefficient (Wildman–Crippen LogP) is 1.57. The van der Waals surface area contributed by atoms with Gasteiger partial charge in [0.15, 0.2) is 6.61 Å². The summed E-state index contributed by atoms with van der Waals surface area (Å²) in [6.07, 6.45) is 0. The predicted molar refractivity (Wildman–Crippen MR) is 67.7 cm³/mol. The molecule has 2 aromatic rings. The molecule has 0 radical (unpaired) electrons. The van der Waals surface area contributed by atoms with E-state index in [-0.39, 0.29) is 12.5 Å². The van der Waals surface area contributed by atoms with Crippen LogP contribution in [0.3, 0.4) is 0 Å². The number of hydrogen-bond donors (Lipinski definition) is 1. The van der Waals surface area contributed by atoms with Crippen LogP contribution in [0.5, 0.6) is 5.75 Å². The molecule has 0 saturated heterocycles. The van der Waals surface area contributed by atoms with Crippen molar-refractivity contribution in [3.8, 4) is 5.75 Å². The van der Waals surface area contributed by atoms with E-state index in [9.17, 15) is 4.79 Å². The van der Waals surface area contributed by atoms with E-state index in [0.717, 1.165) is 22.7 Å². The molecule has 0 aliphatic heterocycles. The molecule has 6 nitrogen and oxygen atoms in total. The fourth-order valence-electron chi connectivity index (χ4n) is 1.50. The van der Waals surface area contributed by atoms with Crippen molar-refractivity contribution in [2.24, 2.45) is 0 Å². The number of rotatable bonds is 4. The van der Waals surface area contributed by atoms with Crippen LogP contribution in [-0.2, 0) is 4.79 Å². The van der Waals surface area contributed by atoms with Gasteiger partial charge in [0, 0.05) is 11.5 Å². The summed E-state index contributed by atoms with van der Waals surface area (Å²) in [7, 11) is 0. The molecule has 1 amide bonds. The van der Waals surface area contributed by atoms with Crippen molar-refractivity contribution in [2.75, 3.05) is 11.9 Å². The van der Waals surface area contributed by atoms with Gasteiger partial charge in [0.2, 0.25) is 5.13 Å². The number of nitrogens with one attached hydrogen (secondary N) is 1. The standard InChI is InChI=1S/C11H12N4O2S/c1-7-3-8(2)5-9(4-7)17-6-10(16)12-11-13-14-15-18-11/h3-5H,6H2,1-2H3,(H,12,13,15,16). The third-order valence-corrected chi connectivity index (χ3v) is 2.62. The fourth-order valence-corrected chi connectivity index (χ4v) is 1.89. The summed E-state index contributed by atoms with van der Waals surface area (Å²) in [6, 6.07) is 5.80. The van der Waals surface area contributed by atoms with Crippen LogP contribution >= 0.6 is 11.5 Å². The largest absolute Gasteiger partial charge is 0.484 e. The number of ether oxygens (including phenoxy) is 1. The number of aromatic nitrogens is 3. The number of carbonyl (C=O) groups is 1. The van der Waals surface area contributed by atoms with Crippen LogP contribution in [0, 0.1) is 13.8 Å². The van der Waals surface area contributed by atoms with Crippen molar-refractivity contribution >= 4 is 22.6 Å². The molecule has 94 valence electrons. The zero-order chi connectivity index (χ0) is 13.0. The van der Waals surface area contributed by atoms with Crippen LogP contribution in [-0.4, -0.2) is 27.3 Å². The Balaban J connectivity index is 1.89. The van der Waals surface area contributed by atoms with Crippen molar-refractivity contribution in [3.05, 3.63) is 29.3 Å². The third kappa shape index (κ3) is 3.49. The Bertz CT molecular complexity index is 522. The average Bonchev–Trinajstić information content (AvgIpc) is 2.78. The van der Waals surface area contributed by atoms with E-state index in [1.165, 1.54) is 0 Å². The van der Waals surface area contributed by atoms with E-state index < -0.39 is 0 Å². The molecule has 1 heterocycles. The monoisotopic (exact) mass is 264 g/mol. The Morgan fingerprint density at radius 1 is 1.33 bits per heavy atom. The minimum atomic E-state index is -0.285. The number of aryl methyl sites for hydroxylation is 2. The van der Waals surface area contributed by atoms with Crippen molar-refractivity contribution in [1.29, 1.82) is 0 Å². The van der Waals surface area contributed by atoms with Gasteiger partial charge in [-0.2, -0.15) is 0 Å². The van der Waals surface area contributed by atoms with Gasteiger partial charge in [-0.05, 0) is 42.3 Å². The molecular weight excluding hydrogens is 252 g/mol. The summed E-state index contributed by atoms with van der Waals surface area (Å²) in [4.78, 5) is 11.5. The Morgan fingerprint density at radius 2 is 2.06 bits per heavy atom. The smallest absolute Gasteiger partial charge is 0.264 e. The maximum atomic E-state index is 11.5. The highest BCUT2D eigenvalue weighted by Crippen LogP contribution is 2.16. The van der Waals surface area contributed by atoms with Gasteiger partial charge in [0.25, 0.3) is 5.91 Å². The highest BCUT2D eigenvalue weighted by molar-refractivity contribution is 7.09. The van der Waals surface area contributed by atoms with Crippen LogP contribution in [0.4, 0.5) is 5.13 Å². The molecule has 7 heteroatoms. The second-order valence-corrected chi connectivity index (χ2v) is 4.56. The summed E-state index contributed by atoms with van der Waals surface area (Å²) in [5, 5.41) is 9.89. The van der Waals surface area contributed by atoms with E-state index in [4.69, 9.17) is 4.74 Å². The molecule has 0 spiro atoms. The van der Waals surface area contributed by atoms with E-state index in [2.05, 4.69) is 20.1 Å². The van der Waals surface area contributed by atoms with Gasteiger partial charge in [0.05, 0.1) is 0 Å². The molecule has 1 aromatic heterocycles. The molecule has 18 heavy (non-hydrogen) atoms. The maximum absolute atomic E-state index is 11.5. The van der Waals surface area contributed by atoms with E-state index in [1.54, 1.807) is 0 Å². The lowest BCUT2D eigenvalue weighted by molar-refractivity contribution is -0.118. The van der Waals surface area contributed by atoms with Crippen LogP contribution in [0.1, 0.15) is 11.1 Å². The second kappa shape index (κ2) is 5.54. The quantitative estimate of drug-likeness (QED) is 0.907. The highest BCUT2D eigenvalue weighted by atomic mass is 32.1. The lowest BCUT2D eigenvalue weighted by Crippen LogP contribution is -2.20. The first-order valence-corrected chi connectivity index (χ1v) is 6.07. The van der Waals surface area contributed by atoms with E-state index in [0.29, 0.717) is 10.9 Å². The van der Waals surface area contributed by atoms with Crippen molar-refractivity contribution < 1.29 is 9.53 Å². The summed E-state index contributed by atoms with van der Waals surface area (Å²) >= 11 is 1.02. The first-order valence-electron chi connectivity index (χ1n) is 5.29. The summed E-state index contributed by atoms with van der Waals surface area (Å²) in [6.45, 7) is 3.89. The molecular formula is C11H12N4O2S. The number of hydrogen-bond acceptors (Lipinski definition) is 6. The van der Waals surface area contributed by atoms with Crippen molar-refractivity contribution in [3.63, 3.8) is 0 Å². The van der Waals surface area contributed by atoms with Crippen molar-refractivity contribution in [2.45, 2.75) is 13.8 Å². The molecule has 0 aliphatic carbocycles. The number of nitrogens with zero attached hydrogens (tertiary/aromatic N) is 3. The zero-order valence-corrected chi connectivity index (χ0v) is 10.8. The minimum absolute atomic E-state index is 0.0670. The molecule has 0 unspecified atom stereocenters. The molecule has 1 N–H and O–H groups in total. The Kier molecular flexibility index (Phi) is 3.83. The van der Waals surface area contributed by atoms with E-state index >= 15 is 0 Å². The molecule has 0 atom stereocenters. The van der Waals surface area contributed by atoms with E-state index in [1.807, 2.05) is 32.0 Å². The molecule has 1 aromatic carbocycles. The number of amides is 1. The molecule has 0 fully saturated rings. The van der Waals surface area contributed by atoms with Crippen LogP contribution in [0.25, 0.3) is 0 Å². The summed E-state index contributed by atoms with van der Waals surface area (Å²) in [5.74, 6) is 0.394. The first kappa shape index (κ1) is 12.4. The van der Waals surface area contributed by atoms with Gasteiger partial charge >= 0.3 is 0 Å². The van der Waals surface area contributed by atoms with Crippen LogP contribution < -0.4 is 10.1 Å². The van der Waals surface area contributed by atoms with Gasteiger partial charge in [-0.1, -0.05) is 15.7 Å². The molecule has 0 bridgehead atoms. The Labute approximate surface area is 108 Å². The fraction of sp³-hybridized carbons (Fsp3) is 0.273. The summed E-state index contributed by atoms with van der Waals surface area (Å²) in [5.41, 5.74) is 2.19. The SMILES string of the molecule is Cc1cc(C)cc(OCC(=O)Nc2nnns2)c1. The van der Waals surface area contributed by atoms with Gasteiger partial charge < -0.3 is 4.74 Å². The van der Waals surface area contributed by atoms with Crippen LogP contribution in [0.15, 0.2) is 18.2 Å². The summed E-state index contributed by atoms with van der Waals surface area (Å²) < 4.78 is 8.94. The number of carbonyl (C=O) groups excluding carboxylic acids is 1. The number of benzene rings is 1. The van der Waals surface area contributed by atoms with Gasteiger partial charge in [-0.25, -0.2) is 0 Å². The highest BCUT2D eigenvalue weighted by Gasteiger charge is 2.06. The Hall–Kier alpha value is -2.02. The zero-order valence-electron chi connectivity index (χ0n) is 10.0. The maximum Gasteiger partial charge on any atom is 0.264 e. The lowest BCUT2D eigenvalue weighted by atomic mass is 10.1. The first-order chi connectivity index (χ1) is 8.63. The van der Waals surface area contributed by atoms with Crippen LogP contribution in [0.2, 0.25) is 0 Å². The average molecular weight is 264 g/mol. The molecule has 0 saturated carbocycles. The normalized spacial score (nSPS) is 10.1. The molecule has 0 aliphatic rings. The second-order valence-electron chi connectivity index (χ2n) is 3.83. The van der Waals surface area contributed by atoms with Crippen molar-refractivity contribution in [1.82, 2.24) is 14.8 Å².